The van der Waals surface area contributed by atoms with Gasteiger partial charge in [0.1, 0.15) is 0 Å². The lowest BCUT2D eigenvalue weighted by atomic mass is 10.3. The van der Waals surface area contributed by atoms with Crippen molar-refractivity contribution in [1.29, 1.82) is 0 Å². The lowest BCUT2D eigenvalue weighted by Crippen LogP contribution is -2.37. The molecule has 0 atom stereocenters. The van der Waals surface area contributed by atoms with Gasteiger partial charge in [0, 0.05) is 13.1 Å². The third kappa shape index (κ3) is 3.63. The molecule has 0 unspecified atom stereocenters. The molecule has 0 aromatic heterocycles. The molecule has 0 aromatic carbocycles. The normalized spacial score (nSPS) is 18.7. The average Bonchev–Trinajstić information content (AvgIpc) is 2.65. The summed E-state index contributed by atoms with van der Waals surface area (Å²) in [5.74, 6) is 0. The molecule has 3 nitrogen and oxygen atoms in total. The SMILES string of the molecule is CCCCN(CCC)C1OCCO1. The summed E-state index contributed by atoms with van der Waals surface area (Å²) in [4.78, 5) is 2.29. The minimum atomic E-state index is -0.0634. The summed E-state index contributed by atoms with van der Waals surface area (Å²) >= 11 is 0. The summed E-state index contributed by atoms with van der Waals surface area (Å²) < 4.78 is 10.9. The topological polar surface area (TPSA) is 21.7 Å². The Morgan fingerprint density at radius 2 is 1.77 bits per heavy atom. The fourth-order valence-electron chi connectivity index (χ4n) is 1.53. The summed E-state index contributed by atoms with van der Waals surface area (Å²) in [7, 11) is 0. The highest BCUT2D eigenvalue weighted by atomic mass is 16.7. The smallest absolute Gasteiger partial charge is 0.218 e. The Kier molecular flexibility index (Phi) is 5.35. The summed E-state index contributed by atoms with van der Waals surface area (Å²) in [6, 6.07) is 0. The van der Waals surface area contributed by atoms with Gasteiger partial charge in [0.25, 0.3) is 0 Å². The number of ether oxygens (including phenoxy) is 2. The monoisotopic (exact) mass is 187 g/mol. The van der Waals surface area contributed by atoms with Gasteiger partial charge in [-0.15, -0.1) is 0 Å². The Labute approximate surface area is 81.0 Å². The quantitative estimate of drug-likeness (QED) is 0.633. The second kappa shape index (κ2) is 6.35. The van der Waals surface area contributed by atoms with Crippen molar-refractivity contribution in [2.24, 2.45) is 0 Å². The summed E-state index contributed by atoms with van der Waals surface area (Å²) in [5, 5.41) is 0. The van der Waals surface area contributed by atoms with E-state index in [0.717, 1.165) is 32.7 Å². The molecule has 0 aliphatic carbocycles. The highest BCUT2D eigenvalue weighted by Crippen LogP contribution is 2.11. The highest BCUT2D eigenvalue weighted by molar-refractivity contribution is 4.59. The van der Waals surface area contributed by atoms with Crippen LogP contribution < -0.4 is 0 Å². The lowest BCUT2D eigenvalue weighted by Gasteiger charge is -2.26. The maximum Gasteiger partial charge on any atom is 0.218 e. The molecule has 0 aromatic rings. The standard InChI is InChI=1S/C10H21NO2/c1-3-5-7-11(6-4-2)10-12-8-9-13-10/h10H,3-9H2,1-2H3. The van der Waals surface area contributed by atoms with E-state index in [-0.39, 0.29) is 6.41 Å². The zero-order valence-corrected chi connectivity index (χ0v) is 8.79. The van der Waals surface area contributed by atoms with Crippen molar-refractivity contribution in [3.8, 4) is 0 Å². The molecule has 0 radical (unpaired) electrons. The summed E-state index contributed by atoms with van der Waals surface area (Å²) in [5.41, 5.74) is 0. The number of unbranched alkanes of at least 4 members (excludes halogenated alkanes) is 1. The van der Waals surface area contributed by atoms with E-state index >= 15 is 0 Å². The maximum atomic E-state index is 5.47. The van der Waals surface area contributed by atoms with Crippen LogP contribution >= 0.6 is 0 Å². The Balaban J connectivity index is 2.26. The van der Waals surface area contributed by atoms with E-state index in [4.69, 9.17) is 9.47 Å². The van der Waals surface area contributed by atoms with Crippen molar-refractivity contribution in [3.05, 3.63) is 0 Å². The van der Waals surface area contributed by atoms with Gasteiger partial charge in [-0.05, 0) is 12.8 Å². The van der Waals surface area contributed by atoms with Crippen LogP contribution in [0.1, 0.15) is 33.1 Å². The molecule has 1 aliphatic heterocycles. The first-order valence-corrected chi connectivity index (χ1v) is 5.35. The van der Waals surface area contributed by atoms with Gasteiger partial charge >= 0.3 is 0 Å². The van der Waals surface area contributed by atoms with Crippen LogP contribution in [0.4, 0.5) is 0 Å². The number of hydrogen-bond acceptors (Lipinski definition) is 3. The van der Waals surface area contributed by atoms with Crippen LogP contribution in [-0.4, -0.2) is 37.6 Å². The predicted molar refractivity (Wildman–Crippen MR) is 52.5 cm³/mol. The molecule has 13 heavy (non-hydrogen) atoms. The molecule has 1 aliphatic rings. The van der Waals surface area contributed by atoms with Crippen molar-refractivity contribution >= 4 is 0 Å². The van der Waals surface area contributed by atoms with Gasteiger partial charge in [-0.3, -0.25) is 4.90 Å². The van der Waals surface area contributed by atoms with E-state index in [2.05, 4.69) is 18.7 Å². The van der Waals surface area contributed by atoms with Crippen LogP contribution in [0, 0.1) is 0 Å². The zero-order valence-electron chi connectivity index (χ0n) is 8.79. The summed E-state index contributed by atoms with van der Waals surface area (Å²) in [6.45, 7) is 8.06. The van der Waals surface area contributed by atoms with Crippen LogP contribution in [0.5, 0.6) is 0 Å². The number of hydrogen-bond donors (Lipinski definition) is 0. The Morgan fingerprint density at radius 3 is 2.31 bits per heavy atom. The molecule has 1 fully saturated rings. The molecular formula is C10H21NO2. The third-order valence-corrected chi connectivity index (χ3v) is 2.21. The van der Waals surface area contributed by atoms with Crippen molar-refractivity contribution in [1.82, 2.24) is 4.90 Å². The molecule has 3 heteroatoms. The predicted octanol–water partition coefficient (Wildman–Crippen LogP) is 1.83. The fraction of sp³-hybridized carbons (Fsp3) is 1.00. The first kappa shape index (κ1) is 11.0. The van der Waals surface area contributed by atoms with Crippen LogP contribution in [0.2, 0.25) is 0 Å². The number of rotatable bonds is 6. The minimum Gasteiger partial charge on any atom is -0.337 e. The van der Waals surface area contributed by atoms with Gasteiger partial charge in [0.05, 0.1) is 13.2 Å². The average molecular weight is 187 g/mol. The van der Waals surface area contributed by atoms with Crippen LogP contribution in [0.25, 0.3) is 0 Å². The molecule has 1 heterocycles. The molecule has 78 valence electrons. The Morgan fingerprint density at radius 1 is 1.08 bits per heavy atom. The van der Waals surface area contributed by atoms with Crippen molar-refractivity contribution in [2.45, 2.75) is 39.5 Å². The molecule has 0 amide bonds. The number of nitrogens with zero attached hydrogens (tertiary/aromatic N) is 1. The fourth-order valence-corrected chi connectivity index (χ4v) is 1.53. The first-order valence-electron chi connectivity index (χ1n) is 5.35. The second-order valence-electron chi connectivity index (χ2n) is 3.44. The van der Waals surface area contributed by atoms with E-state index < -0.39 is 0 Å². The van der Waals surface area contributed by atoms with Crippen molar-refractivity contribution in [3.63, 3.8) is 0 Å². The van der Waals surface area contributed by atoms with E-state index in [1.165, 1.54) is 12.8 Å². The van der Waals surface area contributed by atoms with Gasteiger partial charge in [-0.1, -0.05) is 20.3 Å². The Bertz CT molecular complexity index is 124. The van der Waals surface area contributed by atoms with E-state index in [0.29, 0.717) is 0 Å². The summed E-state index contributed by atoms with van der Waals surface area (Å²) in [6.07, 6.45) is 3.55. The van der Waals surface area contributed by atoms with E-state index in [1.807, 2.05) is 0 Å². The van der Waals surface area contributed by atoms with Gasteiger partial charge in [-0.2, -0.15) is 0 Å². The van der Waals surface area contributed by atoms with E-state index in [1.54, 1.807) is 0 Å². The van der Waals surface area contributed by atoms with Crippen molar-refractivity contribution in [2.75, 3.05) is 26.3 Å². The zero-order chi connectivity index (χ0) is 9.52. The Hall–Kier alpha value is -0.120. The molecular weight excluding hydrogens is 166 g/mol. The molecule has 0 spiro atoms. The molecule has 0 bridgehead atoms. The first-order chi connectivity index (χ1) is 6.38. The maximum absolute atomic E-state index is 5.47. The van der Waals surface area contributed by atoms with Crippen LogP contribution in [0.15, 0.2) is 0 Å². The van der Waals surface area contributed by atoms with Gasteiger partial charge in [0.15, 0.2) is 0 Å². The van der Waals surface area contributed by atoms with Crippen LogP contribution in [0.3, 0.4) is 0 Å². The minimum absolute atomic E-state index is 0.0634. The molecule has 1 rings (SSSR count). The van der Waals surface area contributed by atoms with Crippen LogP contribution in [-0.2, 0) is 9.47 Å². The lowest BCUT2D eigenvalue weighted by molar-refractivity contribution is -0.152. The van der Waals surface area contributed by atoms with Crippen molar-refractivity contribution < 1.29 is 9.47 Å². The van der Waals surface area contributed by atoms with Gasteiger partial charge in [-0.25, -0.2) is 0 Å². The van der Waals surface area contributed by atoms with Gasteiger partial charge < -0.3 is 9.47 Å². The largest absolute Gasteiger partial charge is 0.337 e. The second-order valence-corrected chi connectivity index (χ2v) is 3.44. The molecule has 1 saturated heterocycles. The molecule has 0 saturated carbocycles. The van der Waals surface area contributed by atoms with Gasteiger partial charge in [0.2, 0.25) is 6.41 Å². The van der Waals surface area contributed by atoms with E-state index in [9.17, 15) is 0 Å². The molecule has 0 N–H and O–H groups in total. The third-order valence-electron chi connectivity index (χ3n) is 2.21. The highest BCUT2D eigenvalue weighted by Gasteiger charge is 2.22.